The zero-order chi connectivity index (χ0) is 23.9. The summed E-state index contributed by atoms with van der Waals surface area (Å²) in [5.41, 5.74) is 3.45. The van der Waals surface area contributed by atoms with E-state index in [0.29, 0.717) is 35.7 Å². The number of amides is 3. The largest absolute Gasteiger partial charge is 0.497 e. The van der Waals surface area contributed by atoms with Crippen LogP contribution in [0.2, 0.25) is 0 Å². The second-order valence-electron chi connectivity index (χ2n) is 8.44. The average molecular weight is 457 g/mol. The van der Waals surface area contributed by atoms with Crippen molar-refractivity contribution < 1.29 is 14.3 Å². The number of nitrogens with one attached hydrogen (secondary N) is 2. The maximum atomic E-state index is 13.6. The summed E-state index contributed by atoms with van der Waals surface area (Å²) in [7, 11) is 3.18. The van der Waals surface area contributed by atoms with Crippen molar-refractivity contribution in [3.05, 3.63) is 71.0 Å². The molecule has 2 aliphatic rings. The highest BCUT2D eigenvalue weighted by atomic mass is 16.5. The van der Waals surface area contributed by atoms with Gasteiger partial charge < -0.3 is 20.3 Å². The van der Waals surface area contributed by atoms with Crippen LogP contribution in [0.3, 0.4) is 0 Å². The Morgan fingerprint density at radius 2 is 1.79 bits per heavy atom. The summed E-state index contributed by atoms with van der Waals surface area (Å²) in [5.74, 6) is 0.487. The van der Waals surface area contributed by atoms with Gasteiger partial charge in [0, 0.05) is 24.8 Å². The zero-order valence-electron chi connectivity index (χ0n) is 19.0. The van der Waals surface area contributed by atoms with Gasteiger partial charge in [0.25, 0.3) is 5.91 Å². The molecule has 0 saturated heterocycles. The van der Waals surface area contributed by atoms with Crippen molar-refractivity contribution >= 4 is 17.6 Å². The number of anilines is 1. The van der Waals surface area contributed by atoms with Crippen molar-refractivity contribution in [2.24, 2.45) is 0 Å². The fourth-order valence-electron chi connectivity index (χ4n) is 4.46. The fourth-order valence-corrected chi connectivity index (χ4v) is 4.46. The Kier molecular flexibility index (Phi) is 5.21. The van der Waals surface area contributed by atoms with Crippen LogP contribution in [0.5, 0.6) is 5.75 Å². The van der Waals surface area contributed by atoms with E-state index in [4.69, 9.17) is 4.74 Å². The number of nitriles is 1. The number of rotatable bonds is 5. The lowest BCUT2D eigenvalue weighted by Crippen LogP contribution is -2.41. The van der Waals surface area contributed by atoms with Crippen LogP contribution in [0.4, 0.5) is 10.5 Å². The fraction of sp³-hybridized carbons (Fsp3) is 0.280. The van der Waals surface area contributed by atoms with Crippen LogP contribution >= 0.6 is 0 Å². The van der Waals surface area contributed by atoms with Crippen molar-refractivity contribution in [3.63, 3.8) is 0 Å². The third-order valence-corrected chi connectivity index (χ3v) is 6.50. The molecular weight excluding hydrogens is 432 g/mol. The van der Waals surface area contributed by atoms with Gasteiger partial charge in [0.2, 0.25) is 0 Å². The summed E-state index contributed by atoms with van der Waals surface area (Å²) >= 11 is 0. The number of carbonyl (C=O) groups is 2. The summed E-state index contributed by atoms with van der Waals surface area (Å²) in [6.07, 6.45) is 2.29. The quantitative estimate of drug-likeness (QED) is 0.613. The van der Waals surface area contributed by atoms with Crippen molar-refractivity contribution in [3.8, 4) is 17.5 Å². The number of carbonyl (C=O) groups excluding carboxylic acids is 2. The van der Waals surface area contributed by atoms with Crippen molar-refractivity contribution in [2.45, 2.75) is 24.8 Å². The van der Waals surface area contributed by atoms with Crippen LogP contribution in [0.15, 0.2) is 48.5 Å². The molecule has 2 aromatic carbocycles. The Morgan fingerprint density at radius 1 is 1.12 bits per heavy atom. The number of nitrogens with zero attached hydrogens (tertiary/aromatic N) is 4. The first-order valence-electron chi connectivity index (χ1n) is 11.1. The molecule has 1 fully saturated rings. The van der Waals surface area contributed by atoms with Crippen LogP contribution in [-0.4, -0.2) is 42.4 Å². The third kappa shape index (κ3) is 3.53. The number of ether oxygens (including phenoxy) is 1. The van der Waals surface area contributed by atoms with Gasteiger partial charge in [-0.2, -0.15) is 10.4 Å². The first kappa shape index (κ1) is 21.5. The van der Waals surface area contributed by atoms with Crippen molar-refractivity contribution in [1.29, 1.82) is 5.26 Å². The summed E-state index contributed by atoms with van der Waals surface area (Å²) < 4.78 is 6.77. The predicted octanol–water partition coefficient (Wildman–Crippen LogP) is 2.87. The highest BCUT2D eigenvalue weighted by molar-refractivity contribution is 6.07. The third-order valence-electron chi connectivity index (χ3n) is 6.50. The molecule has 5 rings (SSSR count). The molecule has 0 radical (unpaired) electrons. The topological polar surface area (TPSA) is 112 Å². The summed E-state index contributed by atoms with van der Waals surface area (Å²) in [5, 5.41) is 19.6. The first-order valence-corrected chi connectivity index (χ1v) is 11.1. The van der Waals surface area contributed by atoms with Crippen LogP contribution in [0.25, 0.3) is 5.69 Å². The molecular formula is C25H24N6O3. The van der Waals surface area contributed by atoms with Gasteiger partial charge in [-0.05, 0) is 61.2 Å². The molecule has 0 unspecified atom stereocenters. The molecule has 0 spiro atoms. The Labute approximate surface area is 196 Å². The number of hydrogen-bond donors (Lipinski definition) is 2. The van der Waals surface area contributed by atoms with E-state index in [1.165, 1.54) is 0 Å². The predicted molar refractivity (Wildman–Crippen MR) is 125 cm³/mol. The highest BCUT2D eigenvalue weighted by Gasteiger charge is 2.45. The molecule has 34 heavy (non-hydrogen) atoms. The number of fused-ring (bicyclic) bond motifs is 1. The van der Waals surface area contributed by atoms with Gasteiger partial charge in [0.05, 0.1) is 18.3 Å². The van der Waals surface area contributed by atoms with Crippen LogP contribution in [-0.2, 0) is 12.0 Å². The number of methoxy groups -OCH3 is 1. The van der Waals surface area contributed by atoms with Gasteiger partial charge in [-0.3, -0.25) is 4.79 Å². The highest BCUT2D eigenvalue weighted by Crippen LogP contribution is 2.46. The van der Waals surface area contributed by atoms with Gasteiger partial charge in [-0.15, -0.1) is 0 Å². The second-order valence-corrected chi connectivity index (χ2v) is 8.44. The van der Waals surface area contributed by atoms with Crippen LogP contribution in [0, 0.1) is 11.3 Å². The number of benzene rings is 2. The van der Waals surface area contributed by atoms with E-state index >= 15 is 0 Å². The van der Waals surface area contributed by atoms with Gasteiger partial charge in [-0.1, -0.05) is 12.1 Å². The maximum Gasteiger partial charge on any atom is 0.315 e. The average Bonchev–Trinajstić information content (AvgIpc) is 3.55. The molecule has 3 aromatic rings. The lowest BCUT2D eigenvalue weighted by Gasteiger charge is -2.28. The number of aromatic nitrogens is 2. The van der Waals surface area contributed by atoms with E-state index in [-0.39, 0.29) is 23.2 Å². The standard InChI is InChI=1S/C25H24N6O3/c1-27-24(33)28-25(12-13-25)16-3-5-17(6-4-16)30-14-11-20-21(15-26)29-31(22(20)23(30)32)18-7-9-19(34-2)10-8-18/h3-10H,11-14H2,1-2H3,(H2,27,28,33). The second kappa shape index (κ2) is 8.23. The first-order chi connectivity index (χ1) is 16.5. The molecule has 0 atom stereocenters. The van der Waals surface area contributed by atoms with E-state index in [1.807, 2.05) is 36.4 Å². The molecule has 1 aliphatic heterocycles. The van der Waals surface area contributed by atoms with E-state index in [1.54, 1.807) is 35.9 Å². The van der Waals surface area contributed by atoms with E-state index < -0.39 is 0 Å². The van der Waals surface area contributed by atoms with Gasteiger partial charge in [-0.25, -0.2) is 9.48 Å². The summed E-state index contributed by atoms with van der Waals surface area (Å²) in [6.45, 7) is 0.454. The Bertz CT molecular complexity index is 1300. The normalized spacial score (nSPS) is 15.8. The molecule has 9 nitrogen and oxygen atoms in total. The minimum absolute atomic E-state index is 0.205. The molecule has 0 bridgehead atoms. The van der Waals surface area contributed by atoms with E-state index in [2.05, 4.69) is 21.8 Å². The smallest absolute Gasteiger partial charge is 0.315 e. The maximum absolute atomic E-state index is 13.6. The monoisotopic (exact) mass is 456 g/mol. The molecule has 2 N–H and O–H groups in total. The van der Waals surface area contributed by atoms with Crippen molar-refractivity contribution in [1.82, 2.24) is 20.4 Å². The lowest BCUT2D eigenvalue weighted by molar-refractivity contribution is 0.0973. The van der Waals surface area contributed by atoms with Gasteiger partial charge in [0.15, 0.2) is 5.69 Å². The molecule has 172 valence electrons. The molecule has 1 saturated carbocycles. The number of hydrogen-bond acceptors (Lipinski definition) is 5. The SMILES string of the molecule is CNC(=O)NC1(c2ccc(N3CCc4c(C#N)nn(-c5ccc(OC)cc5)c4C3=O)cc2)CC1. The molecule has 2 heterocycles. The molecule has 1 aliphatic carbocycles. The van der Waals surface area contributed by atoms with Crippen LogP contribution in [0.1, 0.15) is 40.2 Å². The van der Waals surface area contributed by atoms with Crippen LogP contribution < -0.4 is 20.3 Å². The Hall–Kier alpha value is -4.32. The molecule has 9 heteroatoms. The minimum atomic E-state index is -0.341. The summed E-state index contributed by atoms with van der Waals surface area (Å²) in [6, 6.07) is 16.9. The van der Waals surface area contributed by atoms with E-state index in [0.717, 1.165) is 24.1 Å². The summed E-state index contributed by atoms with van der Waals surface area (Å²) in [4.78, 5) is 27.1. The van der Waals surface area contributed by atoms with Crippen molar-refractivity contribution in [2.75, 3.05) is 25.6 Å². The van der Waals surface area contributed by atoms with E-state index in [9.17, 15) is 14.9 Å². The Morgan fingerprint density at radius 3 is 2.38 bits per heavy atom. The van der Waals surface area contributed by atoms with Gasteiger partial charge >= 0.3 is 6.03 Å². The zero-order valence-corrected chi connectivity index (χ0v) is 19.0. The molecule has 1 aromatic heterocycles. The number of urea groups is 1. The molecule has 3 amide bonds. The lowest BCUT2D eigenvalue weighted by atomic mass is 10.0. The van der Waals surface area contributed by atoms with Gasteiger partial charge in [0.1, 0.15) is 17.5 Å². The Balaban J connectivity index is 1.46. The minimum Gasteiger partial charge on any atom is -0.497 e.